The van der Waals surface area contributed by atoms with E-state index in [0.29, 0.717) is 5.39 Å². The third-order valence-corrected chi connectivity index (χ3v) is 8.78. The Morgan fingerprint density at radius 1 is 0.341 bits per heavy atom. The van der Waals surface area contributed by atoms with E-state index >= 15 is 0 Å². The molecule has 9 rings (SSSR count). The summed E-state index contributed by atoms with van der Waals surface area (Å²) in [4.78, 5) is 0. The summed E-state index contributed by atoms with van der Waals surface area (Å²) in [7, 11) is 0. The van der Waals surface area contributed by atoms with Crippen LogP contribution in [0.5, 0.6) is 0 Å². The van der Waals surface area contributed by atoms with Crippen molar-refractivity contribution < 1.29 is 4.39 Å². The van der Waals surface area contributed by atoms with Gasteiger partial charge in [-0.05, 0) is 118 Å². The zero-order valence-corrected chi connectivity index (χ0v) is 22.2. The molecule has 0 atom stereocenters. The Bertz CT molecular complexity index is 2360. The van der Waals surface area contributed by atoms with Crippen LogP contribution in [0.1, 0.15) is 0 Å². The molecule has 0 aliphatic rings. The first-order valence-electron chi connectivity index (χ1n) is 14.0. The molecule has 0 nitrogen and oxygen atoms in total. The first-order chi connectivity index (χ1) is 20.2. The predicted molar refractivity (Wildman–Crippen MR) is 173 cm³/mol. The minimum atomic E-state index is -0.184. The molecule has 0 aliphatic heterocycles. The van der Waals surface area contributed by atoms with Gasteiger partial charge in [0.15, 0.2) is 0 Å². The highest BCUT2D eigenvalue weighted by Crippen LogP contribution is 2.43. The van der Waals surface area contributed by atoms with Crippen LogP contribution in [-0.2, 0) is 0 Å². The van der Waals surface area contributed by atoms with Gasteiger partial charge in [0.25, 0.3) is 0 Å². The van der Waals surface area contributed by atoms with Gasteiger partial charge < -0.3 is 0 Å². The quantitative estimate of drug-likeness (QED) is 0.156. The molecule has 0 aromatic heterocycles. The lowest BCUT2D eigenvalue weighted by Crippen LogP contribution is -1.90. The van der Waals surface area contributed by atoms with Crippen LogP contribution in [0.2, 0.25) is 0 Å². The number of benzene rings is 9. The van der Waals surface area contributed by atoms with E-state index in [0.717, 1.165) is 16.5 Å². The average molecular weight is 523 g/mol. The van der Waals surface area contributed by atoms with Crippen molar-refractivity contribution >= 4 is 64.6 Å². The highest BCUT2D eigenvalue weighted by Gasteiger charge is 2.16. The van der Waals surface area contributed by atoms with E-state index in [1.54, 1.807) is 6.07 Å². The van der Waals surface area contributed by atoms with Crippen LogP contribution >= 0.6 is 0 Å². The van der Waals surface area contributed by atoms with E-state index in [1.165, 1.54) is 65.0 Å². The van der Waals surface area contributed by atoms with Gasteiger partial charge in [0.2, 0.25) is 0 Å². The fourth-order valence-corrected chi connectivity index (χ4v) is 6.98. The van der Waals surface area contributed by atoms with Crippen LogP contribution in [0.4, 0.5) is 4.39 Å². The Balaban J connectivity index is 1.31. The maximum absolute atomic E-state index is 14.6. The third-order valence-electron chi connectivity index (χ3n) is 8.78. The molecule has 0 heterocycles. The lowest BCUT2D eigenvalue weighted by Gasteiger charge is -2.17. The maximum Gasteiger partial charge on any atom is 0.131 e. The Hall–Kier alpha value is -5.27. The van der Waals surface area contributed by atoms with Crippen molar-refractivity contribution in [3.8, 4) is 22.3 Å². The van der Waals surface area contributed by atoms with E-state index in [-0.39, 0.29) is 5.82 Å². The molecule has 0 bridgehead atoms. The first kappa shape index (κ1) is 22.5. The van der Waals surface area contributed by atoms with Gasteiger partial charge in [0, 0.05) is 5.39 Å². The van der Waals surface area contributed by atoms with Crippen LogP contribution in [0.25, 0.3) is 86.9 Å². The minimum absolute atomic E-state index is 0.184. The molecular weight excluding hydrogens is 499 g/mol. The van der Waals surface area contributed by atoms with E-state index in [9.17, 15) is 4.39 Å². The molecule has 0 unspecified atom stereocenters. The SMILES string of the molecule is Fc1ccc(-c2cc3ccc4cc(-c5c6ccccc6cc6ccccc56)cc5ccc(c2)c3c45)c2ccccc12. The molecule has 9 aromatic rings. The largest absolute Gasteiger partial charge is 0.206 e. The molecule has 0 amide bonds. The summed E-state index contributed by atoms with van der Waals surface area (Å²) in [5, 5.41) is 14.1. The summed E-state index contributed by atoms with van der Waals surface area (Å²) >= 11 is 0. The normalized spacial score (nSPS) is 12.0. The summed E-state index contributed by atoms with van der Waals surface area (Å²) in [6, 6.07) is 49.1. The molecule has 0 spiro atoms. The monoisotopic (exact) mass is 522 g/mol. The van der Waals surface area contributed by atoms with Crippen molar-refractivity contribution in [1.29, 1.82) is 0 Å². The van der Waals surface area contributed by atoms with Crippen LogP contribution in [-0.4, -0.2) is 0 Å². The molecule has 41 heavy (non-hydrogen) atoms. The van der Waals surface area contributed by atoms with Gasteiger partial charge >= 0.3 is 0 Å². The minimum Gasteiger partial charge on any atom is -0.206 e. The van der Waals surface area contributed by atoms with E-state index < -0.39 is 0 Å². The van der Waals surface area contributed by atoms with E-state index in [2.05, 4.69) is 103 Å². The number of halogens is 1. The smallest absolute Gasteiger partial charge is 0.131 e. The molecule has 190 valence electrons. The number of rotatable bonds is 2. The maximum atomic E-state index is 14.6. The zero-order valence-electron chi connectivity index (χ0n) is 22.2. The molecule has 0 fully saturated rings. The van der Waals surface area contributed by atoms with Crippen molar-refractivity contribution in [2.24, 2.45) is 0 Å². The van der Waals surface area contributed by atoms with Gasteiger partial charge in [-0.15, -0.1) is 0 Å². The van der Waals surface area contributed by atoms with Crippen LogP contribution in [0.3, 0.4) is 0 Å². The van der Waals surface area contributed by atoms with Gasteiger partial charge in [0.1, 0.15) is 5.82 Å². The number of hydrogen-bond donors (Lipinski definition) is 0. The van der Waals surface area contributed by atoms with Gasteiger partial charge in [0.05, 0.1) is 0 Å². The lowest BCUT2D eigenvalue weighted by atomic mass is 9.87. The third kappa shape index (κ3) is 3.27. The van der Waals surface area contributed by atoms with Crippen LogP contribution < -0.4 is 0 Å². The predicted octanol–water partition coefficient (Wildman–Crippen LogP) is 11.5. The Kier molecular flexibility index (Phi) is 4.60. The summed E-state index contributed by atoms with van der Waals surface area (Å²) in [5.74, 6) is -0.184. The molecule has 0 radical (unpaired) electrons. The van der Waals surface area contributed by atoms with Crippen molar-refractivity contribution in [1.82, 2.24) is 0 Å². The zero-order chi connectivity index (χ0) is 27.1. The average Bonchev–Trinajstić information content (AvgIpc) is 3.02. The van der Waals surface area contributed by atoms with E-state index in [4.69, 9.17) is 0 Å². The van der Waals surface area contributed by atoms with Gasteiger partial charge in [-0.25, -0.2) is 4.39 Å². The second kappa shape index (κ2) is 8.36. The topological polar surface area (TPSA) is 0 Å². The number of hydrogen-bond acceptors (Lipinski definition) is 0. The summed E-state index contributed by atoms with van der Waals surface area (Å²) in [5.41, 5.74) is 4.68. The van der Waals surface area contributed by atoms with Crippen molar-refractivity contribution in [3.05, 3.63) is 145 Å². The molecule has 0 saturated carbocycles. The molecule has 0 aliphatic carbocycles. The van der Waals surface area contributed by atoms with Crippen LogP contribution in [0, 0.1) is 5.82 Å². The second-order valence-electron chi connectivity index (χ2n) is 11.1. The van der Waals surface area contributed by atoms with Crippen molar-refractivity contribution in [3.63, 3.8) is 0 Å². The molecular formula is C40H23F. The summed E-state index contributed by atoms with van der Waals surface area (Å²) in [6.45, 7) is 0. The Morgan fingerprint density at radius 3 is 1.37 bits per heavy atom. The molecule has 9 aromatic carbocycles. The van der Waals surface area contributed by atoms with E-state index in [1.807, 2.05) is 30.3 Å². The Labute approximate surface area is 236 Å². The first-order valence-corrected chi connectivity index (χ1v) is 14.0. The van der Waals surface area contributed by atoms with Crippen LogP contribution in [0.15, 0.2) is 140 Å². The van der Waals surface area contributed by atoms with Gasteiger partial charge in [-0.2, -0.15) is 0 Å². The summed E-state index contributed by atoms with van der Waals surface area (Å²) in [6.07, 6.45) is 0. The molecule has 0 N–H and O–H groups in total. The highest BCUT2D eigenvalue weighted by atomic mass is 19.1. The highest BCUT2D eigenvalue weighted by molar-refractivity contribution is 6.25. The number of fused-ring (bicyclic) bond motifs is 3. The fraction of sp³-hybridized carbons (Fsp3) is 0. The second-order valence-corrected chi connectivity index (χ2v) is 11.1. The van der Waals surface area contributed by atoms with Gasteiger partial charge in [-0.1, -0.05) is 103 Å². The molecule has 0 saturated heterocycles. The van der Waals surface area contributed by atoms with Crippen molar-refractivity contribution in [2.75, 3.05) is 0 Å². The Morgan fingerprint density at radius 2 is 0.805 bits per heavy atom. The molecule has 1 heteroatoms. The lowest BCUT2D eigenvalue weighted by molar-refractivity contribution is 0.640. The standard InChI is InChI=1S/C40H23F/c41-37-18-17-32(35-11-5-6-12-36(35)37)30-20-26-13-15-28-22-31(23-29-16-14-27(21-30)38(26)39(28)29)40-33-9-3-1-7-24(33)19-25-8-2-4-10-34(25)40/h1-23H. The van der Waals surface area contributed by atoms with Crippen molar-refractivity contribution in [2.45, 2.75) is 0 Å². The summed E-state index contributed by atoms with van der Waals surface area (Å²) < 4.78 is 14.6. The van der Waals surface area contributed by atoms with Gasteiger partial charge in [-0.3, -0.25) is 0 Å². The fourth-order valence-electron chi connectivity index (χ4n) is 6.98.